The molecule has 0 spiro atoms. The normalized spacial score (nSPS) is 12.4. The van der Waals surface area contributed by atoms with Crippen molar-refractivity contribution in [2.75, 3.05) is 6.26 Å². The number of rotatable bonds is 4. The van der Waals surface area contributed by atoms with Crippen molar-refractivity contribution in [2.24, 2.45) is 0 Å². The van der Waals surface area contributed by atoms with Crippen LogP contribution in [0.2, 0.25) is 10.0 Å². The van der Waals surface area contributed by atoms with E-state index in [0.717, 1.165) is 0 Å². The highest BCUT2D eigenvalue weighted by molar-refractivity contribution is 7.84. The predicted molar refractivity (Wildman–Crippen MR) is 73.1 cm³/mol. The minimum absolute atomic E-state index is 0.000124. The Kier molecular flexibility index (Phi) is 4.34. The van der Waals surface area contributed by atoms with Crippen molar-refractivity contribution in [3.05, 3.63) is 40.1 Å². The summed E-state index contributed by atoms with van der Waals surface area (Å²) in [7, 11) is -1.30. The first-order valence-electron chi connectivity index (χ1n) is 5.18. The van der Waals surface area contributed by atoms with Crippen molar-refractivity contribution in [2.45, 2.75) is 11.7 Å². The topological polar surface area (TPSA) is 64.8 Å². The molecule has 100 valence electrons. The van der Waals surface area contributed by atoms with Gasteiger partial charge >= 0.3 is 0 Å². The van der Waals surface area contributed by atoms with Crippen LogP contribution in [0.15, 0.2) is 29.7 Å². The van der Waals surface area contributed by atoms with Gasteiger partial charge in [0.15, 0.2) is 5.78 Å². The van der Waals surface area contributed by atoms with Crippen LogP contribution in [-0.4, -0.2) is 31.0 Å². The lowest BCUT2D eigenvalue weighted by Gasteiger charge is -2.05. The van der Waals surface area contributed by atoms with Gasteiger partial charge in [-0.2, -0.15) is 0 Å². The fraction of sp³-hybridized carbons (Fsp3) is 0.182. The van der Waals surface area contributed by atoms with E-state index in [1.807, 2.05) is 0 Å². The Balaban J connectivity index is 2.23. The summed E-state index contributed by atoms with van der Waals surface area (Å²) in [6.45, 7) is -0.000124. The van der Waals surface area contributed by atoms with Crippen molar-refractivity contribution < 1.29 is 9.00 Å². The molecule has 1 aromatic heterocycles. The van der Waals surface area contributed by atoms with E-state index in [-0.39, 0.29) is 17.5 Å². The van der Waals surface area contributed by atoms with Gasteiger partial charge in [-0.3, -0.25) is 13.6 Å². The zero-order valence-corrected chi connectivity index (χ0v) is 12.2. The van der Waals surface area contributed by atoms with Gasteiger partial charge in [-0.1, -0.05) is 23.2 Å². The molecule has 5 nitrogen and oxygen atoms in total. The lowest BCUT2D eigenvalue weighted by atomic mass is 10.1. The predicted octanol–water partition coefficient (Wildman–Crippen LogP) is 2.21. The molecule has 0 N–H and O–H groups in total. The molecule has 1 atom stereocenters. The second-order valence-corrected chi connectivity index (χ2v) is 5.84. The van der Waals surface area contributed by atoms with Gasteiger partial charge in [0.25, 0.3) is 0 Å². The number of halogens is 2. The number of Topliss-reactive ketones (excluding diaryl/α,β-unsaturated/α-hetero) is 1. The van der Waals surface area contributed by atoms with Gasteiger partial charge in [-0.15, -0.1) is 10.2 Å². The molecule has 0 aliphatic carbocycles. The standard InChI is InChI=1S/C11H9Cl2N3O2S/c1-19(18)11-15-14-6-16(11)5-10(17)7-2-3-8(12)9(13)4-7/h2-4,6H,5H2,1H3/t19-/m0/s1. The number of ketones is 1. The molecule has 0 bridgehead atoms. The largest absolute Gasteiger partial charge is 0.299 e. The third kappa shape index (κ3) is 3.20. The maximum absolute atomic E-state index is 12.1. The van der Waals surface area contributed by atoms with Crippen LogP contribution < -0.4 is 0 Å². The molecule has 2 aromatic rings. The molecule has 2 rings (SSSR count). The highest BCUT2D eigenvalue weighted by Gasteiger charge is 2.13. The Bertz CT molecular complexity index is 657. The van der Waals surface area contributed by atoms with E-state index >= 15 is 0 Å². The Morgan fingerprint density at radius 3 is 2.74 bits per heavy atom. The third-order valence-electron chi connectivity index (χ3n) is 2.39. The summed E-state index contributed by atoms with van der Waals surface area (Å²) in [5.74, 6) is -0.190. The molecule has 0 aliphatic heterocycles. The molecule has 19 heavy (non-hydrogen) atoms. The van der Waals surface area contributed by atoms with E-state index in [2.05, 4.69) is 10.2 Å². The maximum Gasteiger partial charge on any atom is 0.221 e. The second-order valence-electron chi connectivity index (χ2n) is 3.75. The van der Waals surface area contributed by atoms with Gasteiger partial charge in [0, 0.05) is 11.8 Å². The molecule has 0 radical (unpaired) electrons. The maximum atomic E-state index is 12.1. The molecule has 0 fully saturated rings. The molecular weight excluding hydrogens is 309 g/mol. The van der Waals surface area contributed by atoms with Gasteiger partial charge in [-0.05, 0) is 18.2 Å². The van der Waals surface area contributed by atoms with E-state index in [0.29, 0.717) is 15.6 Å². The fourth-order valence-corrected chi connectivity index (χ4v) is 2.39. The lowest BCUT2D eigenvalue weighted by Crippen LogP contribution is -2.13. The average Bonchev–Trinajstić information content (AvgIpc) is 2.80. The molecule has 0 saturated heterocycles. The van der Waals surface area contributed by atoms with Crippen LogP contribution in [0.25, 0.3) is 0 Å². The minimum atomic E-state index is -1.30. The molecule has 1 aromatic carbocycles. The number of carbonyl (C=O) groups is 1. The number of aromatic nitrogens is 3. The molecule has 0 saturated carbocycles. The minimum Gasteiger partial charge on any atom is -0.299 e. The van der Waals surface area contributed by atoms with Crippen molar-refractivity contribution >= 4 is 39.8 Å². The second kappa shape index (κ2) is 5.81. The van der Waals surface area contributed by atoms with Crippen molar-refractivity contribution in [3.8, 4) is 0 Å². The monoisotopic (exact) mass is 317 g/mol. The van der Waals surface area contributed by atoms with Crippen LogP contribution in [0.4, 0.5) is 0 Å². The molecule has 8 heteroatoms. The first kappa shape index (κ1) is 14.2. The summed E-state index contributed by atoms with van der Waals surface area (Å²) in [6.07, 6.45) is 2.84. The number of carbonyl (C=O) groups excluding carboxylic acids is 1. The van der Waals surface area contributed by atoms with Crippen LogP contribution in [0.1, 0.15) is 10.4 Å². The Labute approximate surface area is 122 Å². The van der Waals surface area contributed by atoms with Crippen LogP contribution >= 0.6 is 23.2 Å². The summed E-state index contributed by atoms with van der Waals surface area (Å²) >= 11 is 11.6. The number of hydrogen-bond acceptors (Lipinski definition) is 4. The van der Waals surface area contributed by atoms with Crippen molar-refractivity contribution in [3.63, 3.8) is 0 Å². The van der Waals surface area contributed by atoms with Gasteiger partial charge < -0.3 is 0 Å². The quantitative estimate of drug-likeness (QED) is 0.811. The Hall–Kier alpha value is -1.24. The molecular formula is C11H9Cl2N3O2S. The fourth-order valence-electron chi connectivity index (χ4n) is 1.49. The summed E-state index contributed by atoms with van der Waals surface area (Å²) in [4.78, 5) is 12.1. The van der Waals surface area contributed by atoms with Crippen LogP contribution in [0.5, 0.6) is 0 Å². The molecule has 0 aliphatic rings. The van der Waals surface area contributed by atoms with Crippen molar-refractivity contribution in [1.82, 2.24) is 14.8 Å². The lowest BCUT2D eigenvalue weighted by molar-refractivity contribution is 0.0969. The molecule has 0 amide bonds. The smallest absolute Gasteiger partial charge is 0.221 e. The summed E-state index contributed by atoms with van der Waals surface area (Å²) < 4.78 is 12.8. The van der Waals surface area contributed by atoms with Gasteiger partial charge in [-0.25, -0.2) is 0 Å². The summed E-state index contributed by atoms with van der Waals surface area (Å²) in [5, 5.41) is 8.31. The summed E-state index contributed by atoms with van der Waals surface area (Å²) in [5.41, 5.74) is 0.427. The van der Waals surface area contributed by atoms with E-state index in [9.17, 15) is 9.00 Å². The Morgan fingerprint density at radius 2 is 2.11 bits per heavy atom. The highest BCUT2D eigenvalue weighted by atomic mass is 35.5. The van der Waals surface area contributed by atoms with Crippen molar-refractivity contribution in [1.29, 1.82) is 0 Å². The Morgan fingerprint density at radius 1 is 1.37 bits per heavy atom. The third-order valence-corrected chi connectivity index (χ3v) is 3.96. The summed E-state index contributed by atoms with van der Waals surface area (Å²) in [6, 6.07) is 4.64. The zero-order valence-electron chi connectivity index (χ0n) is 9.84. The zero-order chi connectivity index (χ0) is 14.0. The van der Waals surface area contributed by atoms with E-state index in [1.165, 1.54) is 23.2 Å². The van der Waals surface area contributed by atoms with Gasteiger partial charge in [0.1, 0.15) is 6.33 Å². The van der Waals surface area contributed by atoms with Gasteiger partial charge in [0.2, 0.25) is 5.16 Å². The van der Waals surface area contributed by atoms with Crippen LogP contribution in [0.3, 0.4) is 0 Å². The molecule has 1 heterocycles. The first-order chi connectivity index (χ1) is 8.99. The van der Waals surface area contributed by atoms with Crippen LogP contribution in [0, 0.1) is 0 Å². The SMILES string of the molecule is C[S@](=O)c1nncn1CC(=O)c1ccc(Cl)c(Cl)c1. The average molecular weight is 318 g/mol. The highest BCUT2D eigenvalue weighted by Crippen LogP contribution is 2.23. The number of hydrogen-bond donors (Lipinski definition) is 0. The van der Waals surface area contributed by atoms with E-state index < -0.39 is 10.8 Å². The van der Waals surface area contributed by atoms with E-state index in [1.54, 1.807) is 12.1 Å². The molecule has 0 unspecified atom stereocenters. The van der Waals surface area contributed by atoms with Gasteiger partial charge in [0.05, 0.1) is 27.4 Å². The number of nitrogens with zero attached hydrogens (tertiary/aromatic N) is 3. The van der Waals surface area contributed by atoms with E-state index in [4.69, 9.17) is 23.2 Å². The number of benzene rings is 1. The van der Waals surface area contributed by atoms with Crippen LogP contribution in [-0.2, 0) is 17.3 Å². The first-order valence-corrected chi connectivity index (χ1v) is 7.50.